The lowest BCUT2D eigenvalue weighted by atomic mass is 10.0. The first kappa shape index (κ1) is 18.8. The van der Waals surface area contributed by atoms with Crippen molar-refractivity contribution in [1.82, 2.24) is 9.97 Å². The second kappa shape index (κ2) is 7.75. The van der Waals surface area contributed by atoms with Gasteiger partial charge in [-0.3, -0.25) is 4.79 Å². The Morgan fingerprint density at radius 3 is 2.26 bits per heavy atom. The van der Waals surface area contributed by atoms with Gasteiger partial charge in [-0.15, -0.1) is 0 Å². The molecule has 0 aliphatic heterocycles. The topological polar surface area (TPSA) is 68.9 Å². The molecule has 0 atom stereocenters. The van der Waals surface area contributed by atoms with Crippen molar-refractivity contribution in [3.05, 3.63) is 76.3 Å². The predicted octanol–water partition coefficient (Wildman–Crippen LogP) is 4.61. The highest BCUT2D eigenvalue weighted by atomic mass is 35.5. The Hall–Kier alpha value is -2.93. The Bertz CT molecular complexity index is 990. The van der Waals surface area contributed by atoms with E-state index in [9.17, 15) is 18.0 Å². The van der Waals surface area contributed by atoms with E-state index in [-0.39, 0.29) is 40.8 Å². The molecule has 0 spiro atoms. The smallest absolute Gasteiger partial charge is 0.185 e. The highest BCUT2D eigenvalue weighted by molar-refractivity contribution is 6.32. The molecule has 138 valence electrons. The van der Waals surface area contributed by atoms with Gasteiger partial charge in [-0.1, -0.05) is 17.7 Å². The zero-order valence-corrected chi connectivity index (χ0v) is 14.6. The van der Waals surface area contributed by atoms with Crippen LogP contribution >= 0.6 is 11.6 Å². The molecule has 0 fully saturated rings. The largest absolute Gasteiger partial charge is 0.382 e. The Labute approximate surface area is 157 Å². The zero-order chi connectivity index (χ0) is 19.6. The molecule has 0 unspecified atom stereocenters. The van der Waals surface area contributed by atoms with Crippen LogP contribution in [0, 0.1) is 17.5 Å². The van der Waals surface area contributed by atoms with Crippen LogP contribution in [0.1, 0.15) is 22.5 Å². The van der Waals surface area contributed by atoms with Crippen LogP contribution in [0.2, 0.25) is 5.15 Å². The molecule has 0 aliphatic carbocycles. The van der Waals surface area contributed by atoms with Crippen molar-refractivity contribution in [1.29, 1.82) is 0 Å². The standard InChI is InChI=1S/C19H13ClF3N3O/c20-18-16(10-4-6-11(21)7-5-10)26-19(24)17(25-18)15(27)9-8-12-13(22)2-1-3-14(12)23/h1-7H,8-9H2,(H2,24,26). The van der Waals surface area contributed by atoms with Crippen LogP contribution in [-0.4, -0.2) is 15.8 Å². The van der Waals surface area contributed by atoms with E-state index in [0.717, 1.165) is 12.1 Å². The lowest BCUT2D eigenvalue weighted by Gasteiger charge is -2.09. The minimum absolute atomic E-state index is 0.0868. The van der Waals surface area contributed by atoms with Crippen LogP contribution in [0.4, 0.5) is 19.0 Å². The number of aromatic nitrogens is 2. The third kappa shape index (κ3) is 4.09. The quantitative estimate of drug-likeness (QED) is 0.645. The van der Waals surface area contributed by atoms with Crippen molar-refractivity contribution in [3.8, 4) is 11.3 Å². The lowest BCUT2D eigenvalue weighted by Crippen LogP contribution is -2.11. The first-order chi connectivity index (χ1) is 12.9. The fourth-order valence-corrected chi connectivity index (χ4v) is 2.79. The Balaban J connectivity index is 1.83. The molecule has 0 aliphatic rings. The summed E-state index contributed by atoms with van der Waals surface area (Å²) in [6.07, 6.45) is -0.376. The third-order valence-corrected chi connectivity index (χ3v) is 4.19. The number of rotatable bonds is 5. The maximum atomic E-state index is 13.7. The van der Waals surface area contributed by atoms with E-state index in [4.69, 9.17) is 17.3 Å². The minimum Gasteiger partial charge on any atom is -0.382 e. The van der Waals surface area contributed by atoms with Crippen molar-refractivity contribution in [2.75, 3.05) is 5.73 Å². The summed E-state index contributed by atoms with van der Waals surface area (Å²) in [6, 6.07) is 8.83. The Morgan fingerprint density at radius 2 is 1.63 bits per heavy atom. The zero-order valence-electron chi connectivity index (χ0n) is 13.8. The van der Waals surface area contributed by atoms with Crippen molar-refractivity contribution in [2.45, 2.75) is 12.8 Å². The van der Waals surface area contributed by atoms with Gasteiger partial charge in [-0.25, -0.2) is 23.1 Å². The van der Waals surface area contributed by atoms with Crippen LogP contribution in [0.5, 0.6) is 0 Å². The number of carbonyl (C=O) groups excluding carboxylic acids is 1. The second-order valence-electron chi connectivity index (χ2n) is 5.73. The van der Waals surface area contributed by atoms with Gasteiger partial charge in [0, 0.05) is 17.5 Å². The average Bonchev–Trinajstić information content (AvgIpc) is 2.63. The number of Topliss-reactive ketones (excluding diaryl/α,β-unsaturated/α-hetero) is 1. The molecule has 0 amide bonds. The van der Waals surface area contributed by atoms with Crippen LogP contribution in [0.15, 0.2) is 42.5 Å². The predicted molar refractivity (Wildman–Crippen MR) is 95.9 cm³/mol. The number of carbonyl (C=O) groups is 1. The molecular formula is C19H13ClF3N3O. The first-order valence-electron chi connectivity index (χ1n) is 7.92. The van der Waals surface area contributed by atoms with Crippen molar-refractivity contribution >= 4 is 23.2 Å². The molecule has 2 N–H and O–H groups in total. The molecule has 3 rings (SSSR count). The van der Waals surface area contributed by atoms with E-state index in [1.807, 2.05) is 0 Å². The summed E-state index contributed by atoms with van der Waals surface area (Å²) in [5, 5.41) is -0.0868. The number of anilines is 1. The summed E-state index contributed by atoms with van der Waals surface area (Å²) in [5.74, 6) is -2.60. The van der Waals surface area contributed by atoms with E-state index in [2.05, 4.69) is 9.97 Å². The van der Waals surface area contributed by atoms with Crippen LogP contribution in [0.3, 0.4) is 0 Å². The average molecular weight is 392 g/mol. The summed E-state index contributed by atoms with van der Waals surface area (Å²) in [6.45, 7) is 0. The lowest BCUT2D eigenvalue weighted by molar-refractivity contribution is 0.0978. The Kier molecular flexibility index (Phi) is 5.41. The number of benzene rings is 2. The monoisotopic (exact) mass is 391 g/mol. The minimum atomic E-state index is -0.730. The number of hydrogen-bond acceptors (Lipinski definition) is 4. The first-order valence-corrected chi connectivity index (χ1v) is 8.29. The molecule has 8 heteroatoms. The van der Waals surface area contributed by atoms with Crippen LogP contribution < -0.4 is 5.73 Å². The highest BCUT2D eigenvalue weighted by Crippen LogP contribution is 2.27. The van der Waals surface area contributed by atoms with Gasteiger partial charge in [-0.05, 0) is 42.8 Å². The number of ketones is 1. The van der Waals surface area contributed by atoms with Gasteiger partial charge >= 0.3 is 0 Å². The summed E-state index contributed by atoms with van der Waals surface area (Å²) in [7, 11) is 0. The normalized spacial score (nSPS) is 10.8. The van der Waals surface area contributed by atoms with E-state index in [1.165, 1.54) is 30.3 Å². The molecule has 0 saturated heterocycles. The van der Waals surface area contributed by atoms with Crippen molar-refractivity contribution in [2.24, 2.45) is 0 Å². The summed E-state index contributed by atoms with van der Waals surface area (Å²) >= 11 is 6.09. The number of nitrogens with two attached hydrogens (primary N) is 1. The maximum Gasteiger partial charge on any atom is 0.185 e. The van der Waals surface area contributed by atoms with Gasteiger partial charge in [0.1, 0.15) is 28.8 Å². The SMILES string of the molecule is Nc1nc(-c2ccc(F)cc2)c(Cl)nc1C(=O)CCc1c(F)cccc1F. The molecular weight excluding hydrogens is 379 g/mol. The van der Waals surface area contributed by atoms with E-state index in [0.29, 0.717) is 5.56 Å². The molecule has 0 saturated carbocycles. The number of hydrogen-bond donors (Lipinski definition) is 1. The molecule has 1 heterocycles. The van der Waals surface area contributed by atoms with Crippen molar-refractivity contribution in [3.63, 3.8) is 0 Å². The fourth-order valence-electron chi connectivity index (χ4n) is 2.55. The van der Waals surface area contributed by atoms with E-state index in [1.54, 1.807) is 0 Å². The van der Waals surface area contributed by atoms with Crippen LogP contribution in [0.25, 0.3) is 11.3 Å². The molecule has 2 aromatic carbocycles. The van der Waals surface area contributed by atoms with Gasteiger partial charge in [0.05, 0.1) is 0 Å². The van der Waals surface area contributed by atoms with Gasteiger partial charge in [0.15, 0.2) is 16.8 Å². The van der Waals surface area contributed by atoms with Gasteiger partial charge in [-0.2, -0.15) is 0 Å². The van der Waals surface area contributed by atoms with Crippen LogP contribution in [-0.2, 0) is 6.42 Å². The molecule has 4 nitrogen and oxygen atoms in total. The fraction of sp³-hybridized carbons (Fsp3) is 0.105. The van der Waals surface area contributed by atoms with E-state index >= 15 is 0 Å². The van der Waals surface area contributed by atoms with Crippen molar-refractivity contribution < 1.29 is 18.0 Å². The number of nitrogen functional groups attached to an aromatic ring is 1. The van der Waals surface area contributed by atoms with E-state index < -0.39 is 23.2 Å². The number of nitrogens with zero attached hydrogens (tertiary/aromatic N) is 2. The third-order valence-electron chi connectivity index (χ3n) is 3.93. The number of halogens is 4. The second-order valence-corrected chi connectivity index (χ2v) is 6.09. The molecule has 1 aromatic heterocycles. The van der Waals surface area contributed by atoms with Gasteiger partial charge < -0.3 is 5.73 Å². The van der Waals surface area contributed by atoms with Gasteiger partial charge in [0.25, 0.3) is 0 Å². The molecule has 0 radical (unpaired) electrons. The molecule has 0 bridgehead atoms. The molecule has 3 aromatic rings. The Morgan fingerprint density at radius 1 is 1.00 bits per heavy atom. The van der Waals surface area contributed by atoms with Gasteiger partial charge in [0.2, 0.25) is 0 Å². The maximum absolute atomic E-state index is 13.7. The highest BCUT2D eigenvalue weighted by Gasteiger charge is 2.19. The summed E-state index contributed by atoms with van der Waals surface area (Å²) in [4.78, 5) is 20.4. The summed E-state index contributed by atoms with van der Waals surface area (Å²) in [5.41, 5.74) is 6.12. The summed E-state index contributed by atoms with van der Waals surface area (Å²) < 4.78 is 40.4. The molecule has 27 heavy (non-hydrogen) atoms.